The van der Waals surface area contributed by atoms with E-state index in [9.17, 15) is 9.59 Å². The van der Waals surface area contributed by atoms with Crippen molar-refractivity contribution in [2.45, 2.75) is 64.4 Å². The first kappa shape index (κ1) is 59.6. The summed E-state index contributed by atoms with van der Waals surface area (Å²) in [6.07, 6.45) is 0. The standard InChI is InChI=1S/C10H10N2OS2.C6H15N.C5H5BrS.C5H6N2OS.C5H6OS.C2H6O.CH2Cl2.Br3P/c1-7-4-9(13)12-10(11-7)15-6-8-2-3-14-5-8;1-4-7(5-2)6-3;6-3-5-1-2-7-4-5;1-3-2-4(8)7-5(9)6-3;6-3-5-1-2-7-4-5;1-2-3;2-1-3;1-4(2)3/h2-5H,6H2,1H3,(H,11,12,13);4-6H2,1-3H3;1-2,4H,3H2;2H,1H3,(H2,6,7,8,9);1-2,4,6H,3H2;3H,2H2,1H3;1H2;. The number of nitrogens with zero attached hydrogens (tertiary/aromatic N) is 2. The van der Waals surface area contributed by atoms with Crippen LogP contribution in [0.15, 0.2) is 77.4 Å². The molecule has 5 N–H and O–H groups in total. The Bertz CT molecular complexity index is 1630. The van der Waals surface area contributed by atoms with Crippen LogP contribution in [-0.2, 0) is 17.7 Å². The quantitative estimate of drug-likeness (QED) is 0.0341. The van der Waals surface area contributed by atoms with E-state index < -0.39 is 0 Å². The Labute approximate surface area is 390 Å². The maximum absolute atomic E-state index is 11.2. The molecule has 0 aromatic carbocycles. The van der Waals surface area contributed by atoms with E-state index in [-0.39, 0.29) is 33.7 Å². The summed E-state index contributed by atoms with van der Waals surface area (Å²) in [7, 11) is 0. The predicted molar refractivity (Wildman–Crippen MR) is 264 cm³/mol. The van der Waals surface area contributed by atoms with E-state index in [1.54, 1.807) is 59.6 Å². The third-order valence-corrected chi connectivity index (χ3v) is 9.53. The Hall–Kier alpha value is 0.240. The third kappa shape index (κ3) is 40.8. The van der Waals surface area contributed by atoms with E-state index >= 15 is 0 Å². The first-order chi connectivity index (χ1) is 26.2. The Kier molecular flexibility index (Phi) is 45.9. The highest BCUT2D eigenvalue weighted by Gasteiger charge is 2.00. The number of aryl methyl sites for hydroxylation is 2. The van der Waals surface area contributed by atoms with Gasteiger partial charge >= 0.3 is 0 Å². The molecule has 5 aromatic rings. The molecule has 55 heavy (non-hydrogen) atoms. The van der Waals surface area contributed by atoms with Crippen molar-refractivity contribution in [3.8, 4) is 0 Å². The van der Waals surface area contributed by atoms with Gasteiger partial charge in [-0.25, -0.2) is 4.98 Å². The molecule has 21 heteroatoms. The Morgan fingerprint density at radius 1 is 0.818 bits per heavy atom. The number of halogens is 6. The number of hydrogen-bond acceptors (Lipinski definition) is 11. The lowest BCUT2D eigenvalue weighted by molar-refractivity contribution is 0.282. The lowest BCUT2D eigenvalue weighted by atomic mass is 10.4. The van der Waals surface area contributed by atoms with Gasteiger partial charge in [0.25, 0.3) is 11.1 Å². The van der Waals surface area contributed by atoms with Crippen molar-refractivity contribution < 1.29 is 10.2 Å². The molecule has 0 saturated heterocycles. The van der Waals surface area contributed by atoms with Crippen LogP contribution >= 0.6 is 148 Å². The predicted octanol–water partition coefficient (Wildman–Crippen LogP) is 13.2. The number of aliphatic hydroxyl groups is 2. The van der Waals surface area contributed by atoms with E-state index in [0.29, 0.717) is 9.93 Å². The molecule has 0 aliphatic heterocycles. The second-order valence-corrected chi connectivity index (χ2v) is 30.1. The summed E-state index contributed by atoms with van der Waals surface area (Å²) in [4.78, 5) is 36.2. The lowest BCUT2D eigenvalue weighted by Gasteiger charge is -2.13. The number of nitrogens with one attached hydrogen (secondary N) is 3. The molecular weight excluding hydrogens is 1120 g/mol. The van der Waals surface area contributed by atoms with Crippen LogP contribution in [0, 0.1) is 18.6 Å². The Morgan fingerprint density at radius 3 is 1.55 bits per heavy atom. The number of thiophene rings is 3. The number of aromatic amines is 3. The number of rotatable bonds is 8. The van der Waals surface area contributed by atoms with Crippen LogP contribution < -0.4 is 11.1 Å². The van der Waals surface area contributed by atoms with Gasteiger partial charge < -0.3 is 25.1 Å². The molecule has 5 rings (SSSR count). The summed E-state index contributed by atoms with van der Waals surface area (Å²) in [6.45, 7) is 15.8. The van der Waals surface area contributed by atoms with Gasteiger partial charge in [0.2, 0.25) is 0 Å². The van der Waals surface area contributed by atoms with Crippen molar-refractivity contribution in [1.82, 2.24) is 24.8 Å². The maximum Gasteiger partial charge on any atom is 0.251 e. The maximum atomic E-state index is 11.2. The number of aromatic nitrogens is 4. The number of hydrogen-bond donors (Lipinski definition) is 5. The van der Waals surface area contributed by atoms with Crippen LogP contribution in [-0.4, -0.2) is 66.6 Å². The van der Waals surface area contributed by atoms with Gasteiger partial charge in [-0.3, -0.25) is 14.6 Å². The van der Waals surface area contributed by atoms with Crippen LogP contribution in [0.25, 0.3) is 0 Å². The fourth-order valence-electron chi connectivity index (χ4n) is 3.16. The van der Waals surface area contributed by atoms with Gasteiger partial charge in [0.05, 0.1) is 11.9 Å². The first-order valence-corrected chi connectivity index (χ1v) is 29.9. The average molecular weight is 1170 g/mol. The van der Waals surface area contributed by atoms with Crippen LogP contribution in [0.2, 0.25) is 0 Å². The topological polar surface area (TPSA) is 138 Å². The minimum atomic E-state index is -0.183. The molecule has 0 amide bonds. The number of alkyl halides is 3. The molecule has 5 aromatic heterocycles. The van der Waals surface area contributed by atoms with Gasteiger partial charge in [-0.05, 0) is 166 Å². The van der Waals surface area contributed by atoms with Crippen molar-refractivity contribution in [3.63, 3.8) is 0 Å². The van der Waals surface area contributed by atoms with Crippen molar-refractivity contribution >= 4 is 148 Å². The number of H-pyrrole nitrogens is 3. The molecule has 0 aliphatic carbocycles. The van der Waals surface area contributed by atoms with Gasteiger partial charge in [-0.15, -0.1) is 23.2 Å². The van der Waals surface area contributed by atoms with E-state index in [0.717, 1.165) is 28.0 Å². The van der Waals surface area contributed by atoms with Crippen molar-refractivity contribution in [2.75, 3.05) is 31.6 Å². The highest BCUT2D eigenvalue weighted by Crippen LogP contribution is 2.59. The molecule has 0 spiro atoms. The lowest BCUT2D eigenvalue weighted by Crippen LogP contribution is -2.21. The fraction of sp³-hybridized carbons (Fsp3) is 0.412. The van der Waals surface area contributed by atoms with E-state index in [1.165, 1.54) is 42.9 Å². The normalized spacial score (nSPS) is 9.38. The zero-order valence-corrected chi connectivity index (χ0v) is 44.2. The molecule has 0 aliphatic rings. The van der Waals surface area contributed by atoms with Gasteiger partial charge in [0.1, 0.15) is 4.03 Å². The average Bonchev–Trinajstić information content (AvgIpc) is 3.94. The smallest absolute Gasteiger partial charge is 0.251 e. The molecule has 0 atom stereocenters. The van der Waals surface area contributed by atoms with E-state index in [4.69, 9.17) is 33.4 Å². The van der Waals surface area contributed by atoms with Crippen LogP contribution in [0.4, 0.5) is 0 Å². The minimum Gasteiger partial charge on any atom is -0.397 e. The third-order valence-electron chi connectivity index (χ3n) is 5.54. The highest BCUT2D eigenvalue weighted by atomic mass is 80.0. The summed E-state index contributed by atoms with van der Waals surface area (Å²) in [5, 5.41) is 30.1. The minimum absolute atomic E-state index is 0.0877. The Morgan fingerprint density at radius 2 is 1.25 bits per heavy atom. The van der Waals surface area contributed by atoms with Gasteiger partial charge in [-0.1, -0.05) is 48.5 Å². The highest BCUT2D eigenvalue weighted by molar-refractivity contribution is 9.93. The summed E-state index contributed by atoms with van der Waals surface area (Å²) in [6, 6.07) is 9.04. The summed E-state index contributed by atoms with van der Waals surface area (Å²) in [5.41, 5.74) is 4.92. The van der Waals surface area contributed by atoms with Gasteiger partial charge in [-0.2, -0.15) is 34.0 Å². The zero-order chi connectivity index (χ0) is 42.4. The van der Waals surface area contributed by atoms with Crippen molar-refractivity contribution in [3.05, 3.63) is 116 Å². The second kappa shape index (κ2) is 42.4. The summed E-state index contributed by atoms with van der Waals surface area (Å²) < 4.78 is 0.192. The molecule has 0 saturated carbocycles. The van der Waals surface area contributed by atoms with Gasteiger partial charge in [0.15, 0.2) is 9.93 Å². The summed E-state index contributed by atoms with van der Waals surface area (Å²) >= 11 is 33.6. The van der Waals surface area contributed by atoms with Crippen LogP contribution in [0.3, 0.4) is 0 Å². The van der Waals surface area contributed by atoms with Crippen LogP contribution in [0.5, 0.6) is 0 Å². The Balaban J connectivity index is -0.000000597. The molecule has 312 valence electrons. The molecule has 9 nitrogen and oxygen atoms in total. The molecule has 0 radical (unpaired) electrons. The van der Waals surface area contributed by atoms with Crippen molar-refractivity contribution in [1.29, 1.82) is 0 Å². The molecular formula is C34H50Br4Cl2N5O4PS5. The SMILES string of the molecule is BrCc1ccsc1.BrP(Br)Br.CCN(CC)CC.CCO.Cc1cc(=O)[nH]c(=S)[nH]1.Cc1cc(=O)[nH]c(SCc2ccsc2)n1.ClCCl.OCc1ccsc1. The van der Waals surface area contributed by atoms with Gasteiger partial charge in [0, 0.05) is 41.2 Å². The number of aliphatic hydroxyl groups excluding tert-OH is 2. The zero-order valence-electron chi connectivity index (χ0n) is 31.4. The second-order valence-electron chi connectivity index (χ2n) is 9.67. The fourth-order valence-corrected chi connectivity index (χ4v) is 6.95. The molecule has 5 heterocycles. The number of thioether (sulfide) groups is 1. The molecule has 0 fully saturated rings. The molecule has 0 unspecified atom stereocenters. The van der Waals surface area contributed by atoms with Crippen LogP contribution in [0.1, 0.15) is 55.8 Å². The van der Waals surface area contributed by atoms with E-state index in [1.807, 2.05) is 29.1 Å². The summed E-state index contributed by atoms with van der Waals surface area (Å²) in [5.74, 6) is 0.843. The monoisotopic (exact) mass is 1170 g/mol. The largest absolute Gasteiger partial charge is 0.397 e. The van der Waals surface area contributed by atoms with E-state index in [2.05, 4.69) is 148 Å². The molecule has 0 bridgehead atoms. The first-order valence-electron chi connectivity index (χ1n) is 16.1. The van der Waals surface area contributed by atoms with Crippen molar-refractivity contribution in [2.24, 2.45) is 0 Å².